The van der Waals surface area contributed by atoms with Gasteiger partial charge in [-0.3, -0.25) is 9.59 Å². The van der Waals surface area contributed by atoms with E-state index in [0.717, 1.165) is 5.56 Å². The van der Waals surface area contributed by atoms with Gasteiger partial charge in [0.05, 0.1) is 5.57 Å². The first-order chi connectivity index (χ1) is 12.2. The molecule has 0 aromatic heterocycles. The summed E-state index contributed by atoms with van der Waals surface area (Å²) in [7, 11) is 0. The van der Waals surface area contributed by atoms with Gasteiger partial charge in [0.2, 0.25) is 0 Å². The number of nitrogens with zero attached hydrogens (tertiary/aromatic N) is 2. The van der Waals surface area contributed by atoms with Crippen molar-refractivity contribution < 1.29 is 9.59 Å². The Morgan fingerprint density at radius 1 is 0.800 bits per heavy atom. The first kappa shape index (κ1) is 14.8. The van der Waals surface area contributed by atoms with Gasteiger partial charge in [-0.25, -0.2) is 0 Å². The fourth-order valence-electron chi connectivity index (χ4n) is 3.50. The first-order valence-corrected chi connectivity index (χ1v) is 7.72. The summed E-state index contributed by atoms with van der Waals surface area (Å²) in [5.74, 6) is -0.525. The smallest absolute Gasteiger partial charge is 0.196 e. The number of fused-ring (bicyclic) bond motifs is 2. The predicted octanol–water partition coefficient (Wildman–Crippen LogP) is 3.42. The van der Waals surface area contributed by atoms with Crippen molar-refractivity contribution in [3.05, 3.63) is 87.5 Å². The van der Waals surface area contributed by atoms with Gasteiger partial charge >= 0.3 is 0 Å². The van der Waals surface area contributed by atoms with E-state index in [-0.39, 0.29) is 22.7 Å². The zero-order chi connectivity index (χ0) is 17.6. The van der Waals surface area contributed by atoms with E-state index in [2.05, 4.69) is 0 Å². The molecule has 0 bridgehead atoms. The lowest BCUT2D eigenvalue weighted by atomic mass is 9.93. The monoisotopic (exact) mass is 322 g/mol. The number of allylic oxidation sites excluding steroid dienone is 4. The van der Waals surface area contributed by atoms with E-state index >= 15 is 0 Å². The average molecular weight is 322 g/mol. The fraction of sp³-hybridized carbons (Fsp3) is 0.0476. The second-order valence-electron chi connectivity index (χ2n) is 5.86. The highest BCUT2D eigenvalue weighted by Crippen LogP contribution is 2.43. The highest BCUT2D eigenvalue weighted by atomic mass is 16.1. The fourth-order valence-corrected chi connectivity index (χ4v) is 3.50. The first-order valence-electron chi connectivity index (χ1n) is 7.72. The van der Waals surface area contributed by atoms with Gasteiger partial charge < -0.3 is 0 Å². The molecular weight excluding hydrogens is 312 g/mol. The standard InChI is InChI=1S/C21H10N2O2/c22-10-13(11-23)18-19(15-7-3-4-8-16(15)21(18)25)17-9-12-5-1-2-6-14(12)20(17)24/h1-8H,9H2/b19-17+. The Kier molecular flexibility index (Phi) is 3.20. The van der Waals surface area contributed by atoms with Crippen LogP contribution >= 0.6 is 0 Å². The Morgan fingerprint density at radius 3 is 2.04 bits per heavy atom. The lowest BCUT2D eigenvalue weighted by Gasteiger charge is -2.06. The minimum absolute atomic E-state index is 0.0438. The number of hydrogen-bond donors (Lipinski definition) is 0. The van der Waals surface area contributed by atoms with Crippen molar-refractivity contribution in [2.24, 2.45) is 0 Å². The summed E-state index contributed by atoms with van der Waals surface area (Å²) in [6.45, 7) is 0. The van der Waals surface area contributed by atoms with Crippen LogP contribution in [0.4, 0.5) is 0 Å². The third-order valence-electron chi connectivity index (χ3n) is 4.60. The van der Waals surface area contributed by atoms with E-state index in [1.807, 2.05) is 12.1 Å². The highest BCUT2D eigenvalue weighted by Gasteiger charge is 2.38. The van der Waals surface area contributed by atoms with Crippen molar-refractivity contribution in [1.82, 2.24) is 0 Å². The van der Waals surface area contributed by atoms with Crippen LogP contribution in [0.1, 0.15) is 31.8 Å². The van der Waals surface area contributed by atoms with E-state index in [9.17, 15) is 20.1 Å². The third-order valence-corrected chi connectivity index (χ3v) is 4.60. The Balaban J connectivity index is 2.08. The molecule has 0 aliphatic heterocycles. The summed E-state index contributed by atoms with van der Waals surface area (Å²) in [4.78, 5) is 25.7. The number of carbonyl (C=O) groups excluding carboxylic acids is 2. The van der Waals surface area contributed by atoms with Crippen LogP contribution in [0.2, 0.25) is 0 Å². The predicted molar refractivity (Wildman–Crippen MR) is 90.4 cm³/mol. The normalized spacial score (nSPS) is 17.8. The molecule has 4 nitrogen and oxygen atoms in total. The van der Waals surface area contributed by atoms with Gasteiger partial charge in [0, 0.05) is 28.7 Å². The topological polar surface area (TPSA) is 81.7 Å². The van der Waals surface area contributed by atoms with Gasteiger partial charge in [0.1, 0.15) is 17.7 Å². The van der Waals surface area contributed by atoms with Crippen LogP contribution in [0.3, 0.4) is 0 Å². The van der Waals surface area contributed by atoms with Crippen molar-refractivity contribution in [3.8, 4) is 12.1 Å². The maximum absolute atomic E-state index is 12.9. The number of Topliss-reactive ketones (excluding diaryl/α,β-unsaturated/α-hetero) is 2. The van der Waals surface area contributed by atoms with Crippen LogP contribution in [0.25, 0.3) is 5.57 Å². The molecule has 0 spiro atoms. The van der Waals surface area contributed by atoms with Gasteiger partial charge in [0.25, 0.3) is 0 Å². The van der Waals surface area contributed by atoms with Crippen molar-refractivity contribution >= 4 is 17.1 Å². The van der Waals surface area contributed by atoms with Crippen LogP contribution in [-0.4, -0.2) is 11.6 Å². The van der Waals surface area contributed by atoms with Crippen LogP contribution < -0.4 is 0 Å². The molecule has 2 aliphatic carbocycles. The Hall–Kier alpha value is -3.76. The van der Waals surface area contributed by atoms with Gasteiger partial charge in [0.15, 0.2) is 11.6 Å². The molecule has 0 amide bonds. The molecule has 0 saturated carbocycles. The summed E-state index contributed by atoms with van der Waals surface area (Å²) in [5.41, 5.74) is 3.22. The number of nitriles is 2. The van der Waals surface area contributed by atoms with E-state index in [1.54, 1.807) is 48.5 Å². The SMILES string of the molecule is N#CC(C#N)=C1C(=O)c2ccccc2/C1=C1/Cc2ccccc2C1=O. The third kappa shape index (κ3) is 1.99. The minimum atomic E-state index is -0.375. The minimum Gasteiger partial charge on any atom is -0.289 e. The van der Waals surface area contributed by atoms with Crippen LogP contribution in [-0.2, 0) is 6.42 Å². The number of hydrogen-bond acceptors (Lipinski definition) is 4. The second kappa shape index (κ2) is 5.40. The Morgan fingerprint density at radius 2 is 1.40 bits per heavy atom. The zero-order valence-electron chi connectivity index (χ0n) is 13.0. The molecule has 0 unspecified atom stereocenters. The summed E-state index contributed by atoms with van der Waals surface area (Å²) < 4.78 is 0. The van der Waals surface area contributed by atoms with Crippen LogP contribution in [0.5, 0.6) is 0 Å². The molecule has 25 heavy (non-hydrogen) atoms. The molecule has 0 fully saturated rings. The van der Waals surface area contributed by atoms with Crippen molar-refractivity contribution in [1.29, 1.82) is 10.5 Å². The van der Waals surface area contributed by atoms with Gasteiger partial charge in [-0.2, -0.15) is 10.5 Å². The molecular formula is C21H10N2O2. The molecule has 2 aromatic rings. The second-order valence-corrected chi connectivity index (χ2v) is 5.86. The molecule has 0 heterocycles. The van der Waals surface area contributed by atoms with Crippen molar-refractivity contribution in [3.63, 3.8) is 0 Å². The molecule has 2 aliphatic rings. The highest BCUT2D eigenvalue weighted by molar-refractivity contribution is 6.32. The molecule has 116 valence electrons. The molecule has 4 heteroatoms. The Labute approximate surface area is 143 Å². The molecule has 0 saturated heterocycles. The number of carbonyl (C=O) groups is 2. The van der Waals surface area contributed by atoms with Crippen molar-refractivity contribution in [2.45, 2.75) is 6.42 Å². The van der Waals surface area contributed by atoms with E-state index in [0.29, 0.717) is 34.3 Å². The van der Waals surface area contributed by atoms with Gasteiger partial charge in [-0.1, -0.05) is 48.5 Å². The number of rotatable bonds is 0. The van der Waals surface area contributed by atoms with Crippen LogP contribution in [0, 0.1) is 22.7 Å². The number of benzene rings is 2. The molecule has 0 N–H and O–H groups in total. The largest absolute Gasteiger partial charge is 0.289 e. The lowest BCUT2D eigenvalue weighted by Crippen LogP contribution is -2.03. The van der Waals surface area contributed by atoms with Crippen LogP contribution in [0.15, 0.2) is 65.3 Å². The lowest BCUT2D eigenvalue weighted by molar-refractivity contribution is 0.103. The molecule has 0 radical (unpaired) electrons. The molecule has 2 aromatic carbocycles. The maximum atomic E-state index is 12.9. The zero-order valence-corrected chi connectivity index (χ0v) is 13.0. The van der Waals surface area contributed by atoms with Gasteiger partial charge in [-0.15, -0.1) is 0 Å². The number of ketones is 2. The van der Waals surface area contributed by atoms with E-state index in [4.69, 9.17) is 0 Å². The van der Waals surface area contributed by atoms with E-state index < -0.39 is 0 Å². The summed E-state index contributed by atoms with van der Waals surface area (Å²) in [6.07, 6.45) is 0.388. The van der Waals surface area contributed by atoms with Crippen molar-refractivity contribution in [2.75, 3.05) is 0 Å². The average Bonchev–Trinajstić information content (AvgIpc) is 3.12. The Bertz CT molecular complexity index is 1110. The molecule has 0 atom stereocenters. The van der Waals surface area contributed by atoms with Gasteiger partial charge in [-0.05, 0) is 11.1 Å². The molecule has 4 rings (SSSR count). The maximum Gasteiger partial charge on any atom is 0.196 e. The quantitative estimate of drug-likeness (QED) is 0.549. The summed E-state index contributed by atoms with van der Waals surface area (Å²) in [5, 5.41) is 18.6. The van der Waals surface area contributed by atoms with E-state index in [1.165, 1.54) is 0 Å². The summed E-state index contributed by atoms with van der Waals surface area (Å²) in [6, 6.07) is 17.8. The summed E-state index contributed by atoms with van der Waals surface area (Å²) >= 11 is 0.